The highest BCUT2D eigenvalue weighted by Gasteiger charge is 2.12. The number of amides is 1. The van der Waals surface area contributed by atoms with E-state index in [2.05, 4.69) is 15.2 Å². The number of aliphatic hydroxyl groups excluding tert-OH is 1. The largest absolute Gasteiger partial charge is 0.393 e. The number of ether oxygens (including phenoxy) is 1. The molecule has 0 saturated carbocycles. The van der Waals surface area contributed by atoms with Gasteiger partial charge in [0.25, 0.3) is 0 Å². The van der Waals surface area contributed by atoms with E-state index in [0.717, 1.165) is 32.1 Å². The van der Waals surface area contributed by atoms with E-state index in [4.69, 9.17) is 9.84 Å². The second-order valence-corrected chi connectivity index (χ2v) is 4.94. The van der Waals surface area contributed by atoms with Crippen LogP contribution in [0.1, 0.15) is 19.8 Å². The maximum Gasteiger partial charge on any atom is 0.224 e. The number of hydrogen-bond donors (Lipinski definition) is 2. The standard InChI is InChI=1S/C14H21N3O3/c1-11(18)2-5-14(19)16-12-3-4-13(15-10-12)17-6-8-20-9-7-17/h3-4,10-11,18H,2,5-9H2,1H3,(H,16,19). The Labute approximate surface area is 118 Å². The highest BCUT2D eigenvalue weighted by atomic mass is 16.5. The molecule has 1 aliphatic rings. The summed E-state index contributed by atoms with van der Waals surface area (Å²) >= 11 is 0. The van der Waals surface area contributed by atoms with Gasteiger partial charge < -0.3 is 20.1 Å². The van der Waals surface area contributed by atoms with Crippen LogP contribution in [-0.2, 0) is 9.53 Å². The first kappa shape index (κ1) is 14.7. The summed E-state index contributed by atoms with van der Waals surface area (Å²) in [5, 5.41) is 11.9. The molecule has 0 bridgehead atoms. The van der Waals surface area contributed by atoms with E-state index < -0.39 is 6.10 Å². The molecule has 110 valence electrons. The number of carbonyl (C=O) groups excluding carboxylic acids is 1. The van der Waals surface area contributed by atoms with E-state index in [9.17, 15) is 4.79 Å². The van der Waals surface area contributed by atoms with Crippen LogP contribution in [0.5, 0.6) is 0 Å². The zero-order valence-corrected chi connectivity index (χ0v) is 11.7. The molecule has 1 atom stereocenters. The minimum atomic E-state index is -0.456. The van der Waals surface area contributed by atoms with Crippen molar-refractivity contribution < 1.29 is 14.6 Å². The molecule has 1 aromatic rings. The van der Waals surface area contributed by atoms with E-state index in [1.807, 2.05) is 12.1 Å². The van der Waals surface area contributed by atoms with Crippen LogP contribution in [-0.4, -0.2) is 48.4 Å². The summed E-state index contributed by atoms with van der Waals surface area (Å²) in [4.78, 5) is 18.1. The first-order valence-electron chi connectivity index (χ1n) is 6.92. The van der Waals surface area contributed by atoms with Crippen LogP contribution in [0.25, 0.3) is 0 Å². The Morgan fingerprint density at radius 3 is 2.85 bits per heavy atom. The monoisotopic (exact) mass is 279 g/mol. The number of nitrogens with zero attached hydrogens (tertiary/aromatic N) is 2. The molecule has 1 aliphatic heterocycles. The van der Waals surface area contributed by atoms with Crippen molar-refractivity contribution in [1.82, 2.24) is 4.98 Å². The van der Waals surface area contributed by atoms with Gasteiger partial charge in [-0.3, -0.25) is 4.79 Å². The van der Waals surface area contributed by atoms with Crippen molar-refractivity contribution in [2.24, 2.45) is 0 Å². The van der Waals surface area contributed by atoms with Crippen LogP contribution in [0.15, 0.2) is 18.3 Å². The SMILES string of the molecule is CC(O)CCC(=O)Nc1ccc(N2CCOCC2)nc1. The van der Waals surface area contributed by atoms with Crippen LogP contribution < -0.4 is 10.2 Å². The summed E-state index contributed by atoms with van der Waals surface area (Å²) in [6.45, 7) is 4.80. The maximum atomic E-state index is 11.6. The molecule has 6 heteroatoms. The second kappa shape index (κ2) is 7.21. The van der Waals surface area contributed by atoms with Crippen LogP contribution >= 0.6 is 0 Å². The van der Waals surface area contributed by atoms with E-state index in [-0.39, 0.29) is 5.91 Å². The summed E-state index contributed by atoms with van der Waals surface area (Å²) in [6.07, 6.45) is 1.97. The average molecular weight is 279 g/mol. The molecule has 1 unspecified atom stereocenters. The molecule has 20 heavy (non-hydrogen) atoms. The molecule has 1 aromatic heterocycles. The second-order valence-electron chi connectivity index (χ2n) is 4.94. The molecule has 0 radical (unpaired) electrons. The molecule has 0 aromatic carbocycles. The zero-order chi connectivity index (χ0) is 14.4. The number of pyridine rings is 1. The molecule has 0 spiro atoms. The van der Waals surface area contributed by atoms with Gasteiger partial charge >= 0.3 is 0 Å². The van der Waals surface area contributed by atoms with Gasteiger partial charge in [0.2, 0.25) is 5.91 Å². The van der Waals surface area contributed by atoms with Crippen LogP contribution in [0.4, 0.5) is 11.5 Å². The number of aliphatic hydroxyl groups is 1. The van der Waals surface area contributed by atoms with Gasteiger partial charge in [-0.25, -0.2) is 4.98 Å². The number of carbonyl (C=O) groups is 1. The number of rotatable bonds is 5. The number of anilines is 2. The van der Waals surface area contributed by atoms with Gasteiger partial charge in [0.1, 0.15) is 5.82 Å². The van der Waals surface area contributed by atoms with Gasteiger partial charge in [-0.05, 0) is 25.5 Å². The number of hydrogen-bond acceptors (Lipinski definition) is 5. The lowest BCUT2D eigenvalue weighted by Gasteiger charge is -2.27. The predicted octanol–water partition coefficient (Wildman–Crippen LogP) is 1.02. The minimum Gasteiger partial charge on any atom is -0.393 e. The Bertz CT molecular complexity index is 428. The summed E-state index contributed by atoms with van der Waals surface area (Å²) in [7, 11) is 0. The number of nitrogens with one attached hydrogen (secondary N) is 1. The van der Waals surface area contributed by atoms with E-state index in [1.54, 1.807) is 13.1 Å². The van der Waals surface area contributed by atoms with Crippen molar-refractivity contribution in [1.29, 1.82) is 0 Å². The molecular weight excluding hydrogens is 258 g/mol. The Morgan fingerprint density at radius 2 is 2.25 bits per heavy atom. The van der Waals surface area contributed by atoms with Crippen LogP contribution in [0.2, 0.25) is 0 Å². The molecule has 2 heterocycles. The smallest absolute Gasteiger partial charge is 0.224 e. The third-order valence-electron chi connectivity index (χ3n) is 3.16. The number of aromatic nitrogens is 1. The van der Waals surface area contributed by atoms with Gasteiger partial charge in [-0.15, -0.1) is 0 Å². The van der Waals surface area contributed by atoms with Crippen molar-refractivity contribution in [3.63, 3.8) is 0 Å². The Hall–Kier alpha value is -1.66. The highest BCUT2D eigenvalue weighted by Crippen LogP contribution is 2.15. The van der Waals surface area contributed by atoms with Crippen molar-refractivity contribution in [2.45, 2.75) is 25.9 Å². The Balaban J connectivity index is 1.86. The van der Waals surface area contributed by atoms with E-state index in [0.29, 0.717) is 18.5 Å². The average Bonchev–Trinajstić information content (AvgIpc) is 2.47. The summed E-state index contributed by atoms with van der Waals surface area (Å²) in [5.74, 6) is 0.794. The van der Waals surface area contributed by atoms with Crippen LogP contribution in [0.3, 0.4) is 0 Å². The Morgan fingerprint density at radius 1 is 1.50 bits per heavy atom. The van der Waals surface area contributed by atoms with Crippen molar-refractivity contribution in [3.05, 3.63) is 18.3 Å². The third-order valence-corrected chi connectivity index (χ3v) is 3.16. The van der Waals surface area contributed by atoms with Crippen molar-refractivity contribution in [3.8, 4) is 0 Å². The summed E-state index contributed by atoms with van der Waals surface area (Å²) in [5.41, 5.74) is 0.678. The lowest BCUT2D eigenvalue weighted by Crippen LogP contribution is -2.36. The van der Waals surface area contributed by atoms with Gasteiger partial charge in [-0.1, -0.05) is 0 Å². The molecule has 2 N–H and O–H groups in total. The quantitative estimate of drug-likeness (QED) is 0.841. The molecule has 1 saturated heterocycles. The summed E-state index contributed by atoms with van der Waals surface area (Å²) in [6, 6.07) is 3.74. The van der Waals surface area contributed by atoms with Gasteiger partial charge in [0.05, 0.1) is 31.2 Å². The minimum absolute atomic E-state index is 0.105. The molecule has 2 rings (SSSR count). The Kier molecular flexibility index (Phi) is 5.31. The first-order chi connectivity index (χ1) is 9.65. The summed E-state index contributed by atoms with van der Waals surface area (Å²) < 4.78 is 5.30. The number of morpholine rings is 1. The van der Waals surface area contributed by atoms with Crippen LogP contribution in [0, 0.1) is 0 Å². The molecular formula is C14H21N3O3. The third kappa shape index (κ3) is 4.47. The fraction of sp³-hybridized carbons (Fsp3) is 0.571. The fourth-order valence-electron chi connectivity index (χ4n) is 2.00. The first-order valence-corrected chi connectivity index (χ1v) is 6.92. The van der Waals surface area contributed by atoms with E-state index >= 15 is 0 Å². The van der Waals surface area contributed by atoms with Gasteiger partial charge in [-0.2, -0.15) is 0 Å². The molecule has 1 amide bonds. The lowest BCUT2D eigenvalue weighted by atomic mass is 10.2. The fourth-order valence-corrected chi connectivity index (χ4v) is 2.00. The van der Waals surface area contributed by atoms with Gasteiger partial charge in [0.15, 0.2) is 0 Å². The molecule has 6 nitrogen and oxygen atoms in total. The molecule has 0 aliphatic carbocycles. The van der Waals surface area contributed by atoms with Crippen molar-refractivity contribution >= 4 is 17.4 Å². The van der Waals surface area contributed by atoms with Crippen molar-refractivity contribution in [2.75, 3.05) is 36.5 Å². The normalized spacial score (nSPS) is 16.8. The topological polar surface area (TPSA) is 74.7 Å². The molecule has 1 fully saturated rings. The zero-order valence-electron chi connectivity index (χ0n) is 11.7. The maximum absolute atomic E-state index is 11.6. The predicted molar refractivity (Wildman–Crippen MR) is 76.8 cm³/mol. The van der Waals surface area contributed by atoms with E-state index in [1.165, 1.54) is 0 Å². The highest BCUT2D eigenvalue weighted by molar-refractivity contribution is 5.90. The lowest BCUT2D eigenvalue weighted by molar-refractivity contribution is -0.116. The van der Waals surface area contributed by atoms with Gasteiger partial charge in [0, 0.05) is 19.5 Å².